The maximum Gasteiger partial charge on any atom is 0.416 e. The summed E-state index contributed by atoms with van der Waals surface area (Å²) in [7, 11) is 0. The molecule has 3 nitrogen and oxygen atoms in total. The van der Waals surface area contributed by atoms with Gasteiger partial charge in [-0.15, -0.1) is 12.4 Å². The van der Waals surface area contributed by atoms with Gasteiger partial charge in [0.1, 0.15) is 11.9 Å². The van der Waals surface area contributed by atoms with E-state index in [9.17, 15) is 18.0 Å². The molecule has 0 N–H and O–H groups in total. The van der Waals surface area contributed by atoms with E-state index in [0.717, 1.165) is 12.1 Å². The van der Waals surface area contributed by atoms with Crippen LogP contribution in [0.25, 0.3) is 0 Å². The molecule has 0 unspecified atom stereocenters. The minimum atomic E-state index is -4.36. The highest BCUT2D eigenvalue weighted by Crippen LogP contribution is 2.32. The van der Waals surface area contributed by atoms with Crippen LogP contribution in [0.2, 0.25) is 0 Å². The molecule has 0 bridgehead atoms. The standard InChI is InChI=1S/C14H16F3NO2.ClH/c1-10(19)18-7-5-12(6-8-18)20-13-4-2-3-11(9-13)14(15,16)17;/h2-4,9,12H,5-8H2,1H3;1H. The number of amides is 1. The van der Waals surface area contributed by atoms with Gasteiger partial charge in [-0.3, -0.25) is 4.79 Å². The molecule has 1 amide bonds. The first kappa shape index (κ1) is 17.6. The molecule has 21 heavy (non-hydrogen) atoms. The topological polar surface area (TPSA) is 29.5 Å². The van der Waals surface area contributed by atoms with Crippen molar-refractivity contribution in [2.75, 3.05) is 13.1 Å². The van der Waals surface area contributed by atoms with Crippen molar-refractivity contribution < 1.29 is 22.7 Å². The molecule has 1 aliphatic heterocycles. The van der Waals surface area contributed by atoms with E-state index in [4.69, 9.17) is 4.74 Å². The molecule has 0 saturated carbocycles. The number of nitrogens with zero attached hydrogens (tertiary/aromatic N) is 1. The predicted molar refractivity (Wildman–Crippen MR) is 74.6 cm³/mol. The number of ether oxygens (including phenoxy) is 1. The minimum Gasteiger partial charge on any atom is -0.490 e. The molecule has 1 heterocycles. The second-order valence-corrected chi connectivity index (χ2v) is 4.85. The zero-order valence-corrected chi connectivity index (χ0v) is 12.3. The van der Waals surface area contributed by atoms with Crippen molar-refractivity contribution in [2.24, 2.45) is 0 Å². The van der Waals surface area contributed by atoms with Gasteiger partial charge in [0, 0.05) is 32.9 Å². The normalized spacial score (nSPS) is 16.3. The smallest absolute Gasteiger partial charge is 0.416 e. The highest BCUT2D eigenvalue weighted by atomic mass is 35.5. The first-order chi connectivity index (χ1) is 9.36. The van der Waals surface area contributed by atoms with Crippen LogP contribution in [0.4, 0.5) is 13.2 Å². The van der Waals surface area contributed by atoms with Crippen LogP contribution in [-0.2, 0) is 11.0 Å². The minimum absolute atomic E-state index is 0. The van der Waals surface area contributed by atoms with Gasteiger partial charge in [-0.1, -0.05) is 6.07 Å². The van der Waals surface area contributed by atoms with Crippen molar-refractivity contribution in [3.05, 3.63) is 29.8 Å². The molecule has 0 spiro atoms. The maximum atomic E-state index is 12.6. The van der Waals surface area contributed by atoms with Gasteiger partial charge in [0.2, 0.25) is 5.91 Å². The third kappa shape index (κ3) is 4.81. The fourth-order valence-electron chi connectivity index (χ4n) is 2.23. The van der Waals surface area contributed by atoms with Crippen LogP contribution in [0, 0.1) is 0 Å². The Balaban J connectivity index is 0.00000220. The highest BCUT2D eigenvalue weighted by molar-refractivity contribution is 5.85. The zero-order chi connectivity index (χ0) is 14.8. The Labute approximate surface area is 127 Å². The van der Waals surface area contributed by atoms with E-state index in [1.54, 1.807) is 4.90 Å². The molecule has 1 saturated heterocycles. The van der Waals surface area contributed by atoms with Gasteiger partial charge in [0.15, 0.2) is 0 Å². The quantitative estimate of drug-likeness (QED) is 0.833. The predicted octanol–water partition coefficient (Wildman–Crippen LogP) is 3.52. The van der Waals surface area contributed by atoms with Crippen LogP contribution >= 0.6 is 12.4 Å². The number of rotatable bonds is 2. The van der Waals surface area contributed by atoms with Crippen LogP contribution in [0.3, 0.4) is 0 Å². The number of benzene rings is 1. The summed E-state index contributed by atoms with van der Waals surface area (Å²) < 4.78 is 43.3. The lowest BCUT2D eigenvalue weighted by atomic mass is 10.1. The molecule has 0 radical (unpaired) electrons. The number of piperidine rings is 1. The number of halogens is 4. The van der Waals surface area contributed by atoms with Crippen LogP contribution in [0.5, 0.6) is 5.75 Å². The van der Waals surface area contributed by atoms with Crippen molar-refractivity contribution in [1.29, 1.82) is 0 Å². The van der Waals surface area contributed by atoms with E-state index in [1.165, 1.54) is 19.1 Å². The molecule has 1 aromatic carbocycles. The molecular weight excluding hydrogens is 307 g/mol. The summed E-state index contributed by atoms with van der Waals surface area (Å²) in [5.41, 5.74) is -0.712. The van der Waals surface area contributed by atoms with E-state index < -0.39 is 11.7 Å². The lowest BCUT2D eigenvalue weighted by molar-refractivity contribution is -0.138. The summed E-state index contributed by atoms with van der Waals surface area (Å²) >= 11 is 0. The van der Waals surface area contributed by atoms with Crippen molar-refractivity contribution >= 4 is 18.3 Å². The molecule has 0 aromatic heterocycles. The number of carbonyl (C=O) groups is 1. The monoisotopic (exact) mass is 323 g/mol. The van der Waals surface area contributed by atoms with Gasteiger partial charge in [-0.05, 0) is 18.2 Å². The van der Waals surface area contributed by atoms with Gasteiger partial charge in [-0.25, -0.2) is 0 Å². The Kier molecular flexibility index (Phi) is 5.89. The van der Waals surface area contributed by atoms with Crippen LogP contribution < -0.4 is 4.74 Å². The molecular formula is C14H17ClF3NO2. The van der Waals surface area contributed by atoms with Gasteiger partial charge in [0.25, 0.3) is 0 Å². The third-order valence-electron chi connectivity index (χ3n) is 3.35. The summed E-state index contributed by atoms with van der Waals surface area (Å²) in [5, 5.41) is 0. The van der Waals surface area contributed by atoms with Crippen molar-refractivity contribution in [3.8, 4) is 5.75 Å². The SMILES string of the molecule is CC(=O)N1CCC(Oc2cccc(C(F)(F)F)c2)CC1.Cl. The lowest BCUT2D eigenvalue weighted by Crippen LogP contribution is -2.40. The summed E-state index contributed by atoms with van der Waals surface area (Å²) in [6.45, 7) is 2.67. The second kappa shape index (κ2) is 7.02. The van der Waals surface area contributed by atoms with Gasteiger partial charge in [-0.2, -0.15) is 13.2 Å². The molecule has 1 fully saturated rings. The zero-order valence-electron chi connectivity index (χ0n) is 11.5. The van der Waals surface area contributed by atoms with E-state index in [2.05, 4.69) is 0 Å². The van der Waals surface area contributed by atoms with E-state index in [-0.39, 0.29) is 30.2 Å². The fraction of sp³-hybridized carbons (Fsp3) is 0.500. The Morgan fingerprint density at radius 3 is 2.43 bits per heavy atom. The summed E-state index contributed by atoms with van der Waals surface area (Å²) in [6.07, 6.45) is -3.24. The fourth-order valence-corrected chi connectivity index (χ4v) is 2.23. The van der Waals surface area contributed by atoms with Crippen LogP contribution in [0.15, 0.2) is 24.3 Å². The van der Waals surface area contributed by atoms with Crippen molar-refractivity contribution in [2.45, 2.75) is 32.0 Å². The van der Waals surface area contributed by atoms with Gasteiger partial charge >= 0.3 is 6.18 Å². The average Bonchev–Trinajstić information content (AvgIpc) is 2.38. The van der Waals surface area contributed by atoms with Crippen LogP contribution in [0.1, 0.15) is 25.3 Å². The molecule has 0 aliphatic carbocycles. The summed E-state index contributed by atoms with van der Waals surface area (Å²) in [4.78, 5) is 12.9. The molecule has 0 atom stereocenters. The molecule has 1 aromatic rings. The molecule has 7 heteroatoms. The maximum absolute atomic E-state index is 12.6. The number of carbonyl (C=O) groups excluding carboxylic acids is 1. The highest BCUT2D eigenvalue weighted by Gasteiger charge is 2.31. The number of hydrogen-bond donors (Lipinski definition) is 0. The number of alkyl halides is 3. The molecule has 118 valence electrons. The second-order valence-electron chi connectivity index (χ2n) is 4.85. The first-order valence-corrected chi connectivity index (χ1v) is 6.45. The Morgan fingerprint density at radius 1 is 1.29 bits per heavy atom. The summed E-state index contributed by atoms with van der Waals surface area (Å²) in [5.74, 6) is 0.239. The Morgan fingerprint density at radius 2 is 1.90 bits per heavy atom. The largest absolute Gasteiger partial charge is 0.490 e. The van der Waals surface area contributed by atoms with Crippen molar-refractivity contribution in [1.82, 2.24) is 4.90 Å². The van der Waals surface area contributed by atoms with E-state index in [1.807, 2.05) is 0 Å². The Bertz CT molecular complexity index is 485. The summed E-state index contributed by atoms with van der Waals surface area (Å²) in [6, 6.07) is 4.89. The Hall–Kier alpha value is -1.43. The third-order valence-corrected chi connectivity index (χ3v) is 3.35. The van der Waals surface area contributed by atoms with Crippen molar-refractivity contribution in [3.63, 3.8) is 0 Å². The lowest BCUT2D eigenvalue weighted by Gasteiger charge is -2.31. The van der Waals surface area contributed by atoms with Gasteiger partial charge < -0.3 is 9.64 Å². The number of hydrogen-bond acceptors (Lipinski definition) is 2. The average molecular weight is 324 g/mol. The van der Waals surface area contributed by atoms with Crippen LogP contribution in [-0.4, -0.2) is 30.0 Å². The van der Waals surface area contributed by atoms with E-state index in [0.29, 0.717) is 25.9 Å². The van der Waals surface area contributed by atoms with Gasteiger partial charge in [0.05, 0.1) is 5.56 Å². The number of likely N-dealkylation sites (tertiary alicyclic amines) is 1. The first-order valence-electron chi connectivity index (χ1n) is 6.45. The molecule has 2 rings (SSSR count). The molecule has 1 aliphatic rings. The van der Waals surface area contributed by atoms with E-state index >= 15 is 0 Å².